The Morgan fingerprint density at radius 2 is 1.81 bits per heavy atom. The third kappa shape index (κ3) is 6.24. The molecule has 1 N–H and O–H groups in total. The molecule has 11 heteroatoms. The van der Waals surface area contributed by atoms with Crippen LogP contribution in [0.15, 0.2) is 65.6 Å². The molecule has 220 valence electrons. The molecule has 4 aromatic rings. The second-order valence-electron chi connectivity index (χ2n) is 10.3. The van der Waals surface area contributed by atoms with Crippen LogP contribution in [0.1, 0.15) is 50.5 Å². The van der Waals surface area contributed by atoms with E-state index < -0.39 is 29.9 Å². The van der Waals surface area contributed by atoms with E-state index in [9.17, 15) is 27.9 Å². The van der Waals surface area contributed by atoms with Gasteiger partial charge in [0.1, 0.15) is 23.2 Å². The van der Waals surface area contributed by atoms with E-state index in [4.69, 9.17) is 9.15 Å². The normalized spacial score (nSPS) is 17.2. The summed E-state index contributed by atoms with van der Waals surface area (Å²) in [5.74, 6) is -1.23. The molecule has 2 aromatic heterocycles. The predicted molar refractivity (Wildman–Crippen MR) is 150 cm³/mol. The maximum atomic E-state index is 13.1. The SMILES string of the molecule is C=CCCCCCCC(=O)N1C[C@H](Oc2nc(-c3ccc(C(F)(F)F)cc3)nc3c2oc2ccccc23)C[C@H]1C(=O)O. The smallest absolute Gasteiger partial charge is 0.416 e. The Bertz CT molecular complexity index is 1600. The Balaban J connectivity index is 1.41. The Labute approximate surface area is 239 Å². The number of unbranched alkanes of at least 4 members (excludes halogenated alkanes) is 4. The number of para-hydroxylation sites is 1. The first-order chi connectivity index (χ1) is 20.2. The van der Waals surface area contributed by atoms with Crippen molar-refractivity contribution < 1.29 is 37.0 Å². The number of aromatic nitrogens is 2. The topological polar surface area (TPSA) is 106 Å². The fraction of sp³-hybridized carbons (Fsp3) is 0.355. The number of ether oxygens (including phenoxy) is 1. The number of amides is 1. The number of rotatable bonds is 11. The molecule has 8 nitrogen and oxygen atoms in total. The highest BCUT2D eigenvalue weighted by molar-refractivity contribution is 6.04. The first kappa shape index (κ1) is 29.1. The van der Waals surface area contributed by atoms with E-state index in [0.717, 1.165) is 37.8 Å². The van der Waals surface area contributed by atoms with Crippen LogP contribution in [0.3, 0.4) is 0 Å². The largest absolute Gasteiger partial charge is 0.480 e. The third-order valence-electron chi connectivity index (χ3n) is 7.35. The van der Waals surface area contributed by atoms with Crippen LogP contribution in [0.2, 0.25) is 0 Å². The number of nitrogens with zero attached hydrogens (tertiary/aromatic N) is 3. The number of furan rings is 1. The minimum atomic E-state index is -4.49. The van der Waals surface area contributed by atoms with Gasteiger partial charge < -0.3 is 19.2 Å². The monoisotopic (exact) mass is 581 g/mol. The van der Waals surface area contributed by atoms with Crippen LogP contribution in [0.4, 0.5) is 13.2 Å². The molecule has 0 unspecified atom stereocenters. The highest BCUT2D eigenvalue weighted by Gasteiger charge is 2.41. The zero-order valence-electron chi connectivity index (χ0n) is 22.8. The summed E-state index contributed by atoms with van der Waals surface area (Å²) >= 11 is 0. The minimum Gasteiger partial charge on any atom is -0.480 e. The summed E-state index contributed by atoms with van der Waals surface area (Å²) in [5.41, 5.74) is 0.672. The number of hydrogen-bond donors (Lipinski definition) is 1. The Kier molecular flexibility index (Phi) is 8.46. The molecule has 0 saturated carbocycles. The van der Waals surface area contributed by atoms with Crippen LogP contribution in [-0.2, 0) is 15.8 Å². The van der Waals surface area contributed by atoms with Crippen molar-refractivity contribution in [1.29, 1.82) is 0 Å². The maximum Gasteiger partial charge on any atom is 0.416 e. The van der Waals surface area contributed by atoms with Crippen molar-refractivity contribution in [2.75, 3.05) is 6.54 Å². The summed E-state index contributed by atoms with van der Waals surface area (Å²) in [5, 5.41) is 10.5. The van der Waals surface area contributed by atoms with Gasteiger partial charge in [-0.25, -0.2) is 9.78 Å². The lowest BCUT2D eigenvalue weighted by Crippen LogP contribution is -2.40. The average Bonchev–Trinajstić information content (AvgIpc) is 3.57. The van der Waals surface area contributed by atoms with Gasteiger partial charge in [-0.05, 0) is 43.5 Å². The molecule has 3 heterocycles. The number of halogens is 3. The standard InChI is InChI=1S/C31H30F3N3O5/c1-2-3-4-5-6-7-12-25(38)37-18-21(17-23(37)30(39)40)41-29-27-26(22-10-8-9-11-24(22)42-27)35-28(36-29)19-13-15-20(16-14-19)31(32,33)34/h2,8-11,13-16,21,23H,1,3-7,12,17-18H2,(H,39,40)/t21-,23+/m1/s1. The molecule has 1 saturated heterocycles. The fourth-order valence-corrected chi connectivity index (χ4v) is 5.20. The van der Waals surface area contributed by atoms with Gasteiger partial charge in [0.15, 0.2) is 5.82 Å². The predicted octanol–water partition coefficient (Wildman–Crippen LogP) is 7.02. The summed E-state index contributed by atoms with van der Waals surface area (Å²) in [4.78, 5) is 35.4. The van der Waals surface area contributed by atoms with Crippen molar-refractivity contribution in [1.82, 2.24) is 14.9 Å². The van der Waals surface area contributed by atoms with Crippen molar-refractivity contribution in [3.05, 3.63) is 66.7 Å². The van der Waals surface area contributed by atoms with Crippen LogP contribution < -0.4 is 4.74 Å². The van der Waals surface area contributed by atoms with Gasteiger partial charge in [0.2, 0.25) is 11.5 Å². The van der Waals surface area contributed by atoms with E-state index in [1.54, 1.807) is 24.3 Å². The van der Waals surface area contributed by atoms with E-state index in [2.05, 4.69) is 16.5 Å². The van der Waals surface area contributed by atoms with E-state index in [1.165, 1.54) is 17.0 Å². The highest BCUT2D eigenvalue weighted by Crippen LogP contribution is 2.37. The summed E-state index contributed by atoms with van der Waals surface area (Å²) in [6, 6.07) is 10.5. The number of benzene rings is 2. The molecular formula is C31H30F3N3O5. The number of carboxylic acids is 1. The van der Waals surface area contributed by atoms with Crippen LogP contribution in [0.5, 0.6) is 5.88 Å². The summed E-state index contributed by atoms with van der Waals surface area (Å²) in [7, 11) is 0. The fourth-order valence-electron chi connectivity index (χ4n) is 5.20. The summed E-state index contributed by atoms with van der Waals surface area (Å²) < 4.78 is 51.6. The van der Waals surface area contributed by atoms with Crippen molar-refractivity contribution in [2.24, 2.45) is 0 Å². The highest BCUT2D eigenvalue weighted by atomic mass is 19.4. The Morgan fingerprint density at radius 3 is 2.52 bits per heavy atom. The van der Waals surface area contributed by atoms with E-state index in [1.807, 2.05) is 6.08 Å². The quantitative estimate of drug-likeness (QED) is 0.150. The lowest BCUT2D eigenvalue weighted by atomic mass is 10.1. The van der Waals surface area contributed by atoms with E-state index in [0.29, 0.717) is 28.5 Å². The minimum absolute atomic E-state index is 0.0248. The lowest BCUT2D eigenvalue weighted by molar-refractivity contribution is -0.148. The molecule has 5 rings (SSSR count). The van der Waals surface area contributed by atoms with Gasteiger partial charge in [0, 0.05) is 23.8 Å². The lowest BCUT2D eigenvalue weighted by Gasteiger charge is -2.21. The van der Waals surface area contributed by atoms with Crippen LogP contribution in [0, 0.1) is 0 Å². The van der Waals surface area contributed by atoms with Crippen molar-refractivity contribution in [3.8, 4) is 17.3 Å². The van der Waals surface area contributed by atoms with Gasteiger partial charge in [-0.2, -0.15) is 18.2 Å². The molecule has 0 aliphatic carbocycles. The van der Waals surface area contributed by atoms with Crippen LogP contribution in [0.25, 0.3) is 33.5 Å². The second kappa shape index (κ2) is 12.2. The number of likely N-dealkylation sites (tertiary alicyclic amines) is 1. The second-order valence-corrected chi connectivity index (χ2v) is 10.3. The molecule has 42 heavy (non-hydrogen) atoms. The number of fused-ring (bicyclic) bond motifs is 3. The van der Waals surface area contributed by atoms with Gasteiger partial charge in [-0.15, -0.1) is 6.58 Å². The number of alkyl halides is 3. The molecule has 1 aliphatic rings. The summed E-state index contributed by atoms with van der Waals surface area (Å²) in [6.45, 7) is 3.75. The Hall–Kier alpha value is -4.41. The average molecular weight is 582 g/mol. The Morgan fingerprint density at radius 1 is 1.07 bits per heavy atom. The first-order valence-electron chi connectivity index (χ1n) is 13.8. The zero-order valence-corrected chi connectivity index (χ0v) is 22.8. The van der Waals surface area contributed by atoms with Crippen molar-refractivity contribution in [2.45, 2.75) is 63.3 Å². The van der Waals surface area contributed by atoms with Gasteiger partial charge in [0.25, 0.3) is 5.88 Å². The number of aliphatic carboxylic acids is 1. The molecule has 1 amide bonds. The van der Waals surface area contributed by atoms with Gasteiger partial charge in [-0.3, -0.25) is 4.79 Å². The van der Waals surface area contributed by atoms with E-state index >= 15 is 0 Å². The van der Waals surface area contributed by atoms with Gasteiger partial charge in [-0.1, -0.05) is 43.2 Å². The van der Waals surface area contributed by atoms with Gasteiger partial charge >= 0.3 is 12.1 Å². The molecular weight excluding hydrogens is 551 g/mol. The molecule has 0 radical (unpaired) electrons. The number of carbonyl (C=O) groups is 2. The summed E-state index contributed by atoms with van der Waals surface area (Å²) in [6.07, 6.45) is 1.36. The maximum absolute atomic E-state index is 13.1. The molecule has 2 aromatic carbocycles. The number of carboxylic acid groups (broad SMARTS) is 1. The number of allylic oxidation sites excluding steroid dienone is 1. The van der Waals surface area contributed by atoms with Gasteiger partial charge in [0.05, 0.1) is 12.1 Å². The van der Waals surface area contributed by atoms with E-state index in [-0.39, 0.29) is 42.6 Å². The first-order valence-corrected chi connectivity index (χ1v) is 13.8. The molecule has 0 bridgehead atoms. The van der Waals surface area contributed by atoms with Crippen molar-refractivity contribution in [3.63, 3.8) is 0 Å². The van der Waals surface area contributed by atoms with Crippen LogP contribution in [-0.4, -0.2) is 50.5 Å². The third-order valence-corrected chi connectivity index (χ3v) is 7.35. The number of carbonyl (C=O) groups excluding carboxylic acids is 1. The number of hydrogen-bond acceptors (Lipinski definition) is 6. The molecule has 0 spiro atoms. The molecule has 1 fully saturated rings. The van der Waals surface area contributed by atoms with Crippen molar-refractivity contribution >= 4 is 33.9 Å². The van der Waals surface area contributed by atoms with Crippen LogP contribution >= 0.6 is 0 Å². The molecule has 2 atom stereocenters. The zero-order chi connectivity index (χ0) is 29.9. The molecule has 1 aliphatic heterocycles.